The Hall–Kier alpha value is -2.04. The minimum Gasteiger partial charge on any atom is -0.497 e. The monoisotopic (exact) mass is 413 g/mol. The molecule has 0 saturated carbocycles. The fraction of sp³-hybridized carbons (Fsp3) is 0.538. The summed E-state index contributed by atoms with van der Waals surface area (Å²) in [6.45, 7) is 12.2. The van der Waals surface area contributed by atoms with Gasteiger partial charge in [-0.2, -0.15) is 0 Å². The van der Waals surface area contributed by atoms with Crippen molar-refractivity contribution in [2.75, 3.05) is 33.9 Å². The minimum atomic E-state index is -1.06. The van der Waals surface area contributed by atoms with Crippen molar-refractivity contribution in [1.82, 2.24) is 4.90 Å². The molecule has 166 valence electrons. The smallest absolute Gasteiger partial charge is 0.118 e. The molecule has 2 aromatic carbocycles. The molecule has 0 saturated heterocycles. The second kappa shape index (κ2) is 11.4. The maximum Gasteiger partial charge on any atom is 0.118 e. The fourth-order valence-corrected chi connectivity index (χ4v) is 4.04. The van der Waals surface area contributed by atoms with Gasteiger partial charge in [-0.3, -0.25) is 0 Å². The van der Waals surface area contributed by atoms with Crippen LogP contribution in [0.5, 0.6) is 11.5 Å². The summed E-state index contributed by atoms with van der Waals surface area (Å²) < 4.78 is 10.6. The molecule has 1 N–H and O–H groups in total. The molecule has 0 unspecified atom stereocenters. The number of ether oxygens (including phenoxy) is 2. The summed E-state index contributed by atoms with van der Waals surface area (Å²) in [7, 11) is 3.31. The second-order valence-electron chi connectivity index (χ2n) is 8.97. The summed E-state index contributed by atoms with van der Waals surface area (Å²) in [5.41, 5.74) is 0.709. The Balaban J connectivity index is 2.23. The van der Waals surface area contributed by atoms with Gasteiger partial charge in [0.1, 0.15) is 17.1 Å². The lowest BCUT2D eigenvalue weighted by molar-refractivity contribution is 0.0635. The van der Waals surface area contributed by atoms with Crippen LogP contribution in [0.3, 0.4) is 0 Å². The molecule has 0 radical (unpaired) electrons. The maximum absolute atomic E-state index is 11.9. The molecule has 2 aromatic rings. The summed E-state index contributed by atoms with van der Waals surface area (Å²) in [4.78, 5) is 2.53. The summed E-state index contributed by atoms with van der Waals surface area (Å²) in [5.74, 6) is 2.84. The molecule has 0 aromatic heterocycles. The predicted octanol–water partition coefficient (Wildman–Crippen LogP) is 5.33. The van der Waals surface area contributed by atoms with Gasteiger partial charge in [-0.25, -0.2) is 0 Å². The maximum atomic E-state index is 11.9. The number of hydrogen-bond acceptors (Lipinski definition) is 4. The molecule has 0 amide bonds. The van der Waals surface area contributed by atoms with E-state index in [1.807, 2.05) is 48.5 Å². The summed E-state index contributed by atoms with van der Waals surface area (Å²) in [5, 5.41) is 11.9. The number of nitrogens with zero attached hydrogens (tertiary/aromatic N) is 1. The van der Waals surface area contributed by atoms with Gasteiger partial charge in [-0.05, 0) is 66.6 Å². The van der Waals surface area contributed by atoms with Crippen LogP contribution in [0.15, 0.2) is 48.5 Å². The van der Waals surface area contributed by atoms with Gasteiger partial charge >= 0.3 is 0 Å². The standard InChI is InChI=1S/C26H39NO3/c1-20(2)18-27(19-21(3)4)17-7-16-26(28,22-8-12-24(29-5)13-9-22)23-10-14-25(30-6)15-11-23/h8-15,20-21,28H,7,16-19H2,1-6H3. The quantitative estimate of drug-likeness (QED) is 0.510. The van der Waals surface area contributed by atoms with Crippen LogP contribution >= 0.6 is 0 Å². The molecule has 2 rings (SSSR count). The molecule has 0 spiro atoms. The minimum absolute atomic E-state index is 0.630. The third-order valence-corrected chi connectivity index (χ3v) is 5.39. The van der Waals surface area contributed by atoms with E-state index >= 15 is 0 Å². The van der Waals surface area contributed by atoms with Crippen LogP contribution in [0.25, 0.3) is 0 Å². The zero-order valence-electron chi connectivity index (χ0n) is 19.5. The van der Waals surface area contributed by atoms with E-state index in [1.54, 1.807) is 14.2 Å². The highest BCUT2D eigenvalue weighted by atomic mass is 16.5. The van der Waals surface area contributed by atoms with Crippen molar-refractivity contribution >= 4 is 0 Å². The van der Waals surface area contributed by atoms with Gasteiger partial charge in [-0.1, -0.05) is 52.0 Å². The zero-order valence-corrected chi connectivity index (χ0v) is 19.5. The van der Waals surface area contributed by atoms with E-state index in [2.05, 4.69) is 32.6 Å². The molecule has 0 aliphatic rings. The third kappa shape index (κ3) is 6.75. The van der Waals surface area contributed by atoms with Crippen LogP contribution in [0.2, 0.25) is 0 Å². The predicted molar refractivity (Wildman–Crippen MR) is 124 cm³/mol. The van der Waals surface area contributed by atoms with E-state index in [1.165, 1.54) is 0 Å². The largest absolute Gasteiger partial charge is 0.497 e. The van der Waals surface area contributed by atoms with Crippen molar-refractivity contribution in [3.8, 4) is 11.5 Å². The Kier molecular flexibility index (Phi) is 9.19. The lowest BCUT2D eigenvalue weighted by atomic mass is 9.82. The molecular formula is C26H39NO3. The van der Waals surface area contributed by atoms with Gasteiger partial charge in [0, 0.05) is 13.1 Å². The Morgan fingerprint density at radius 2 is 1.17 bits per heavy atom. The highest BCUT2D eigenvalue weighted by Gasteiger charge is 2.31. The lowest BCUT2D eigenvalue weighted by Gasteiger charge is -2.32. The van der Waals surface area contributed by atoms with Crippen LogP contribution in [0.4, 0.5) is 0 Å². The Morgan fingerprint density at radius 3 is 1.50 bits per heavy atom. The molecule has 0 aliphatic carbocycles. The molecule has 0 fully saturated rings. The van der Waals surface area contributed by atoms with Crippen molar-refractivity contribution in [3.63, 3.8) is 0 Å². The third-order valence-electron chi connectivity index (χ3n) is 5.39. The van der Waals surface area contributed by atoms with E-state index < -0.39 is 5.60 Å². The van der Waals surface area contributed by atoms with Crippen LogP contribution in [-0.2, 0) is 5.60 Å². The first kappa shape index (κ1) is 24.2. The van der Waals surface area contributed by atoms with E-state index in [9.17, 15) is 5.11 Å². The number of methoxy groups -OCH3 is 2. The summed E-state index contributed by atoms with van der Waals surface area (Å²) >= 11 is 0. The van der Waals surface area contributed by atoms with Crippen molar-refractivity contribution in [2.24, 2.45) is 11.8 Å². The lowest BCUT2D eigenvalue weighted by Crippen LogP contribution is -2.34. The van der Waals surface area contributed by atoms with Crippen molar-refractivity contribution in [2.45, 2.75) is 46.1 Å². The van der Waals surface area contributed by atoms with Crippen molar-refractivity contribution < 1.29 is 14.6 Å². The van der Waals surface area contributed by atoms with Gasteiger partial charge in [0.05, 0.1) is 14.2 Å². The first-order valence-electron chi connectivity index (χ1n) is 11.0. The zero-order chi connectivity index (χ0) is 22.1. The highest BCUT2D eigenvalue weighted by molar-refractivity contribution is 5.40. The number of hydrogen-bond donors (Lipinski definition) is 1. The normalized spacial score (nSPS) is 12.1. The van der Waals surface area contributed by atoms with Crippen LogP contribution in [0.1, 0.15) is 51.7 Å². The average Bonchev–Trinajstić information content (AvgIpc) is 2.72. The second-order valence-corrected chi connectivity index (χ2v) is 8.97. The van der Waals surface area contributed by atoms with Gasteiger partial charge < -0.3 is 19.5 Å². The van der Waals surface area contributed by atoms with Crippen LogP contribution in [0, 0.1) is 11.8 Å². The van der Waals surface area contributed by atoms with E-state index in [0.717, 1.165) is 48.7 Å². The van der Waals surface area contributed by atoms with Gasteiger partial charge in [0.2, 0.25) is 0 Å². The van der Waals surface area contributed by atoms with Gasteiger partial charge in [0.25, 0.3) is 0 Å². The Morgan fingerprint density at radius 1 is 0.767 bits per heavy atom. The number of aliphatic hydroxyl groups is 1. The summed E-state index contributed by atoms with van der Waals surface area (Å²) in [6.07, 6.45) is 1.56. The first-order chi connectivity index (χ1) is 14.3. The fourth-order valence-electron chi connectivity index (χ4n) is 4.04. The Labute approximate surface area is 182 Å². The van der Waals surface area contributed by atoms with Crippen LogP contribution < -0.4 is 9.47 Å². The molecule has 4 nitrogen and oxygen atoms in total. The number of benzene rings is 2. The molecule has 0 heterocycles. The molecular weight excluding hydrogens is 374 g/mol. The number of rotatable bonds is 12. The van der Waals surface area contributed by atoms with E-state index in [4.69, 9.17) is 9.47 Å². The van der Waals surface area contributed by atoms with Crippen molar-refractivity contribution in [3.05, 3.63) is 59.7 Å². The summed E-state index contributed by atoms with van der Waals surface area (Å²) in [6, 6.07) is 15.5. The molecule has 30 heavy (non-hydrogen) atoms. The topological polar surface area (TPSA) is 41.9 Å². The SMILES string of the molecule is COc1ccc(C(O)(CCCN(CC(C)C)CC(C)C)c2ccc(OC)cc2)cc1. The highest BCUT2D eigenvalue weighted by Crippen LogP contribution is 2.36. The van der Waals surface area contributed by atoms with Gasteiger partial charge in [-0.15, -0.1) is 0 Å². The van der Waals surface area contributed by atoms with E-state index in [-0.39, 0.29) is 0 Å². The van der Waals surface area contributed by atoms with Gasteiger partial charge in [0.15, 0.2) is 0 Å². The Bertz CT molecular complexity index is 680. The molecule has 0 atom stereocenters. The molecule has 0 aliphatic heterocycles. The van der Waals surface area contributed by atoms with Crippen LogP contribution in [-0.4, -0.2) is 43.9 Å². The van der Waals surface area contributed by atoms with E-state index in [0.29, 0.717) is 18.3 Å². The first-order valence-corrected chi connectivity index (χ1v) is 11.0. The van der Waals surface area contributed by atoms with Crippen molar-refractivity contribution in [1.29, 1.82) is 0 Å². The average molecular weight is 414 g/mol. The molecule has 0 bridgehead atoms. The molecule has 4 heteroatoms.